The summed E-state index contributed by atoms with van der Waals surface area (Å²) < 4.78 is 5.62. The second-order valence-electron chi connectivity index (χ2n) is 5.77. The van der Waals surface area contributed by atoms with Crippen LogP contribution in [0.25, 0.3) is 11.0 Å². The van der Waals surface area contributed by atoms with Gasteiger partial charge in [-0.3, -0.25) is 4.79 Å². The summed E-state index contributed by atoms with van der Waals surface area (Å²) in [6, 6.07) is 16.1. The summed E-state index contributed by atoms with van der Waals surface area (Å²) in [4.78, 5) is 20.0. The van der Waals surface area contributed by atoms with Crippen molar-refractivity contribution in [1.29, 1.82) is 5.26 Å². The third-order valence-electron chi connectivity index (χ3n) is 3.84. The second-order valence-corrected chi connectivity index (χ2v) is 5.77. The zero-order valence-electron chi connectivity index (χ0n) is 14.0. The lowest BCUT2D eigenvalue weighted by Gasteiger charge is -2.17. The van der Waals surface area contributed by atoms with Gasteiger partial charge < -0.3 is 15.0 Å². The average molecular weight is 334 g/mol. The molecule has 3 aromatic rings. The van der Waals surface area contributed by atoms with E-state index in [4.69, 9.17) is 10.00 Å². The molecule has 1 amide bonds. The number of nitrogens with one attached hydrogen (secondary N) is 2. The van der Waals surface area contributed by atoms with Gasteiger partial charge in [0.1, 0.15) is 11.6 Å². The molecule has 3 rings (SSSR count). The Morgan fingerprint density at radius 1 is 1.20 bits per heavy atom. The fraction of sp³-hybridized carbons (Fsp3) is 0.211. The van der Waals surface area contributed by atoms with Crippen molar-refractivity contribution in [3.63, 3.8) is 0 Å². The largest absolute Gasteiger partial charge is 0.481 e. The molecule has 2 unspecified atom stereocenters. The van der Waals surface area contributed by atoms with Gasteiger partial charge in [0.25, 0.3) is 5.91 Å². The van der Waals surface area contributed by atoms with Gasteiger partial charge in [0, 0.05) is 0 Å². The molecule has 6 heteroatoms. The van der Waals surface area contributed by atoms with Crippen LogP contribution < -0.4 is 10.1 Å². The molecule has 0 saturated heterocycles. The Morgan fingerprint density at radius 3 is 2.60 bits per heavy atom. The fourth-order valence-electron chi connectivity index (χ4n) is 2.44. The first-order chi connectivity index (χ1) is 12.1. The molecule has 0 aliphatic heterocycles. The molecular weight excluding hydrogens is 316 g/mol. The highest BCUT2D eigenvalue weighted by Crippen LogP contribution is 2.17. The maximum Gasteiger partial charge on any atom is 0.261 e. The standard InChI is InChI=1S/C19H18N4O2/c1-12(18-22-16-5-3-4-6-17(16)23-18)21-19(24)13(2)25-15-9-7-14(11-20)8-10-15/h3-10,12-13H,1-2H3,(H,21,24)(H,22,23). The molecule has 6 nitrogen and oxygen atoms in total. The highest BCUT2D eigenvalue weighted by atomic mass is 16.5. The molecule has 2 N–H and O–H groups in total. The molecule has 0 bridgehead atoms. The Bertz CT molecular complexity index is 891. The van der Waals surface area contributed by atoms with Gasteiger partial charge in [-0.15, -0.1) is 0 Å². The van der Waals surface area contributed by atoms with E-state index in [2.05, 4.69) is 15.3 Å². The molecule has 0 radical (unpaired) electrons. The van der Waals surface area contributed by atoms with Gasteiger partial charge in [-0.2, -0.15) is 5.26 Å². The molecule has 0 aliphatic rings. The number of imidazole rings is 1. The van der Waals surface area contributed by atoms with E-state index in [1.807, 2.05) is 37.3 Å². The Kier molecular flexibility index (Phi) is 4.66. The van der Waals surface area contributed by atoms with Gasteiger partial charge in [0.2, 0.25) is 0 Å². The molecular formula is C19H18N4O2. The number of amides is 1. The number of carbonyl (C=O) groups excluding carboxylic acids is 1. The highest BCUT2D eigenvalue weighted by molar-refractivity contribution is 5.81. The quantitative estimate of drug-likeness (QED) is 0.750. The number of para-hydroxylation sites is 2. The molecule has 1 heterocycles. The molecule has 0 saturated carbocycles. The number of ether oxygens (including phenoxy) is 1. The molecule has 0 spiro atoms. The van der Waals surface area contributed by atoms with Crippen LogP contribution in [0.1, 0.15) is 31.3 Å². The third-order valence-corrected chi connectivity index (χ3v) is 3.84. The van der Waals surface area contributed by atoms with E-state index in [0.29, 0.717) is 17.1 Å². The van der Waals surface area contributed by atoms with Crippen LogP contribution >= 0.6 is 0 Å². The van der Waals surface area contributed by atoms with Crippen LogP contribution in [-0.2, 0) is 4.79 Å². The van der Waals surface area contributed by atoms with Gasteiger partial charge in [-0.05, 0) is 50.2 Å². The fourth-order valence-corrected chi connectivity index (χ4v) is 2.44. The lowest BCUT2D eigenvalue weighted by Crippen LogP contribution is -2.38. The minimum atomic E-state index is -0.667. The predicted molar refractivity (Wildman–Crippen MR) is 93.9 cm³/mol. The number of aromatic amines is 1. The number of benzene rings is 2. The number of aromatic nitrogens is 2. The van der Waals surface area contributed by atoms with Crippen molar-refractivity contribution in [3.8, 4) is 11.8 Å². The summed E-state index contributed by atoms with van der Waals surface area (Å²) in [5, 5.41) is 11.7. The first-order valence-electron chi connectivity index (χ1n) is 7.98. The van der Waals surface area contributed by atoms with Crippen molar-refractivity contribution < 1.29 is 9.53 Å². The number of hydrogen-bond donors (Lipinski definition) is 2. The Balaban J connectivity index is 1.62. The SMILES string of the molecule is CC(Oc1ccc(C#N)cc1)C(=O)NC(C)c1nc2ccccc2[nH]1. The smallest absolute Gasteiger partial charge is 0.261 e. The van der Waals surface area contributed by atoms with Crippen LogP contribution in [0.5, 0.6) is 5.75 Å². The number of fused-ring (bicyclic) bond motifs is 1. The second kappa shape index (κ2) is 7.05. The van der Waals surface area contributed by atoms with E-state index in [1.54, 1.807) is 31.2 Å². The van der Waals surface area contributed by atoms with Gasteiger partial charge in [0.05, 0.1) is 28.7 Å². The summed E-state index contributed by atoms with van der Waals surface area (Å²) in [6.07, 6.45) is -0.667. The minimum Gasteiger partial charge on any atom is -0.481 e. The van der Waals surface area contributed by atoms with Crippen molar-refractivity contribution in [2.45, 2.75) is 26.0 Å². The summed E-state index contributed by atoms with van der Waals surface area (Å²) >= 11 is 0. The van der Waals surface area contributed by atoms with Gasteiger partial charge in [-0.1, -0.05) is 12.1 Å². The molecule has 2 atom stereocenters. The molecule has 126 valence electrons. The first kappa shape index (κ1) is 16.5. The van der Waals surface area contributed by atoms with E-state index in [9.17, 15) is 4.79 Å². The van der Waals surface area contributed by atoms with Crippen molar-refractivity contribution in [2.75, 3.05) is 0 Å². The normalized spacial score (nSPS) is 13.0. The molecule has 2 aromatic carbocycles. The minimum absolute atomic E-state index is 0.239. The lowest BCUT2D eigenvalue weighted by atomic mass is 10.2. The zero-order chi connectivity index (χ0) is 17.8. The Morgan fingerprint density at radius 2 is 1.92 bits per heavy atom. The zero-order valence-corrected chi connectivity index (χ0v) is 14.0. The summed E-state index contributed by atoms with van der Waals surface area (Å²) in [5.74, 6) is 0.996. The first-order valence-corrected chi connectivity index (χ1v) is 7.98. The van der Waals surface area contributed by atoms with Crippen molar-refractivity contribution in [1.82, 2.24) is 15.3 Å². The summed E-state index contributed by atoms with van der Waals surface area (Å²) in [7, 11) is 0. The number of H-pyrrole nitrogens is 1. The van der Waals surface area contributed by atoms with E-state index < -0.39 is 6.10 Å². The Labute approximate surface area is 145 Å². The molecule has 25 heavy (non-hydrogen) atoms. The molecule has 1 aromatic heterocycles. The monoisotopic (exact) mass is 334 g/mol. The molecule has 0 aliphatic carbocycles. The van der Waals surface area contributed by atoms with Gasteiger partial charge in [0.15, 0.2) is 6.10 Å². The number of nitriles is 1. The van der Waals surface area contributed by atoms with Crippen molar-refractivity contribution in [2.24, 2.45) is 0 Å². The van der Waals surface area contributed by atoms with E-state index in [-0.39, 0.29) is 11.9 Å². The third kappa shape index (κ3) is 3.78. The van der Waals surface area contributed by atoms with E-state index in [1.165, 1.54) is 0 Å². The van der Waals surface area contributed by atoms with Crippen LogP contribution in [0.2, 0.25) is 0 Å². The average Bonchev–Trinajstić information content (AvgIpc) is 3.06. The van der Waals surface area contributed by atoms with Crippen LogP contribution in [0, 0.1) is 11.3 Å². The maximum absolute atomic E-state index is 12.3. The van der Waals surface area contributed by atoms with Crippen LogP contribution in [0.15, 0.2) is 48.5 Å². The number of carbonyl (C=O) groups is 1. The van der Waals surface area contributed by atoms with Gasteiger partial charge >= 0.3 is 0 Å². The topological polar surface area (TPSA) is 90.8 Å². The number of nitrogens with zero attached hydrogens (tertiary/aromatic N) is 2. The predicted octanol–water partition coefficient (Wildman–Crippen LogP) is 3.08. The Hall–Kier alpha value is -3.33. The van der Waals surface area contributed by atoms with Crippen molar-refractivity contribution in [3.05, 3.63) is 59.9 Å². The van der Waals surface area contributed by atoms with Crippen LogP contribution in [-0.4, -0.2) is 22.0 Å². The summed E-state index contributed by atoms with van der Waals surface area (Å²) in [5.41, 5.74) is 2.34. The number of rotatable bonds is 5. The number of hydrogen-bond acceptors (Lipinski definition) is 4. The highest BCUT2D eigenvalue weighted by Gasteiger charge is 2.19. The van der Waals surface area contributed by atoms with E-state index >= 15 is 0 Å². The summed E-state index contributed by atoms with van der Waals surface area (Å²) in [6.45, 7) is 3.54. The maximum atomic E-state index is 12.3. The van der Waals surface area contributed by atoms with Crippen LogP contribution in [0.4, 0.5) is 0 Å². The molecule has 0 fully saturated rings. The van der Waals surface area contributed by atoms with Crippen molar-refractivity contribution >= 4 is 16.9 Å². The van der Waals surface area contributed by atoms with Gasteiger partial charge in [-0.25, -0.2) is 4.98 Å². The van der Waals surface area contributed by atoms with Crippen LogP contribution in [0.3, 0.4) is 0 Å². The van der Waals surface area contributed by atoms with E-state index in [0.717, 1.165) is 11.0 Å². The lowest BCUT2D eigenvalue weighted by molar-refractivity contribution is -0.128.